The second-order valence-electron chi connectivity index (χ2n) is 4.75. The Hall–Kier alpha value is -2.17. The van der Waals surface area contributed by atoms with Crippen molar-refractivity contribution in [3.63, 3.8) is 0 Å². The van der Waals surface area contributed by atoms with Gasteiger partial charge in [0.15, 0.2) is 0 Å². The minimum atomic E-state index is 0.0157. The number of aryl methyl sites for hydroxylation is 1. The van der Waals surface area contributed by atoms with E-state index in [1.807, 2.05) is 31.2 Å². The molecule has 0 saturated carbocycles. The van der Waals surface area contributed by atoms with Gasteiger partial charge in [0, 0.05) is 12.0 Å². The number of rotatable bonds is 6. The average molecular weight is 273 g/mol. The molecule has 0 aliphatic rings. The Kier molecular flexibility index (Phi) is 4.87. The summed E-state index contributed by atoms with van der Waals surface area (Å²) < 4.78 is 5.53. The molecule has 0 aliphatic carbocycles. The lowest BCUT2D eigenvalue weighted by atomic mass is 10.1. The summed E-state index contributed by atoms with van der Waals surface area (Å²) in [6.45, 7) is 4.36. The van der Waals surface area contributed by atoms with E-state index in [1.165, 1.54) is 5.56 Å². The molecule has 0 fully saturated rings. The zero-order valence-corrected chi connectivity index (χ0v) is 11.8. The first-order valence-electron chi connectivity index (χ1n) is 6.85. The van der Waals surface area contributed by atoms with Gasteiger partial charge < -0.3 is 9.73 Å². The van der Waals surface area contributed by atoms with Crippen LogP contribution in [0, 0.1) is 6.92 Å². The van der Waals surface area contributed by atoms with Crippen LogP contribution in [0.1, 0.15) is 37.6 Å². The summed E-state index contributed by atoms with van der Waals surface area (Å²) >= 11 is 0. The second kappa shape index (κ2) is 6.84. The number of unbranched alkanes of at least 4 members (excludes halogenated alkanes) is 1. The number of benzene rings is 1. The Labute approximate surface area is 118 Å². The van der Waals surface area contributed by atoms with Crippen LogP contribution in [0.5, 0.6) is 0 Å². The third kappa shape index (κ3) is 3.91. The van der Waals surface area contributed by atoms with E-state index in [0.29, 0.717) is 18.2 Å². The third-order valence-corrected chi connectivity index (χ3v) is 2.96. The molecule has 0 atom stereocenters. The van der Waals surface area contributed by atoms with Crippen LogP contribution in [0.25, 0.3) is 11.5 Å². The van der Waals surface area contributed by atoms with Gasteiger partial charge in [0.25, 0.3) is 0 Å². The Morgan fingerprint density at radius 1 is 1.25 bits per heavy atom. The van der Waals surface area contributed by atoms with Crippen molar-refractivity contribution in [3.8, 4) is 11.5 Å². The lowest BCUT2D eigenvalue weighted by Crippen LogP contribution is -2.22. The molecule has 1 aromatic carbocycles. The van der Waals surface area contributed by atoms with E-state index in [-0.39, 0.29) is 12.5 Å². The number of hydrogen-bond donors (Lipinski definition) is 1. The van der Waals surface area contributed by atoms with Gasteiger partial charge in [0.1, 0.15) is 0 Å². The first-order chi connectivity index (χ1) is 9.69. The summed E-state index contributed by atoms with van der Waals surface area (Å²) in [5.41, 5.74) is 2.06. The molecule has 1 heterocycles. The van der Waals surface area contributed by atoms with Crippen LogP contribution in [-0.2, 0) is 11.3 Å². The van der Waals surface area contributed by atoms with Crippen molar-refractivity contribution in [2.45, 2.75) is 39.7 Å². The monoisotopic (exact) mass is 273 g/mol. The zero-order valence-electron chi connectivity index (χ0n) is 11.8. The lowest BCUT2D eigenvalue weighted by Gasteiger charge is -2.00. The largest absolute Gasteiger partial charge is 0.419 e. The molecule has 0 spiro atoms. The van der Waals surface area contributed by atoms with Gasteiger partial charge in [-0.05, 0) is 25.5 Å². The minimum absolute atomic E-state index is 0.0157. The molecule has 1 amide bonds. The smallest absolute Gasteiger partial charge is 0.247 e. The zero-order chi connectivity index (χ0) is 14.4. The Morgan fingerprint density at radius 2 is 2.00 bits per heavy atom. The number of carbonyl (C=O) groups is 1. The number of aromatic nitrogens is 2. The SMILES string of the molecule is CCCCC(=O)NCc1nnc(-c2ccc(C)cc2)o1. The minimum Gasteiger partial charge on any atom is -0.419 e. The van der Waals surface area contributed by atoms with Gasteiger partial charge in [0.05, 0.1) is 6.54 Å². The Morgan fingerprint density at radius 3 is 2.70 bits per heavy atom. The van der Waals surface area contributed by atoms with Crippen LogP contribution in [0.4, 0.5) is 0 Å². The van der Waals surface area contributed by atoms with Crippen LogP contribution in [0.3, 0.4) is 0 Å². The van der Waals surface area contributed by atoms with Gasteiger partial charge in [-0.15, -0.1) is 10.2 Å². The van der Waals surface area contributed by atoms with Gasteiger partial charge in [-0.25, -0.2) is 0 Å². The van der Waals surface area contributed by atoms with Crippen LogP contribution < -0.4 is 5.32 Å². The molecule has 0 unspecified atom stereocenters. The molecule has 2 rings (SSSR count). The van der Waals surface area contributed by atoms with E-state index in [4.69, 9.17) is 4.42 Å². The number of nitrogens with one attached hydrogen (secondary N) is 1. The normalized spacial score (nSPS) is 10.5. The fourth-order valence-corrected chi connectivity index (χ4v) is 1.74. The number of amides is 1. The molecule has 5 heteroatoms. The lowest BCUT2D eigenvalue weighted by molar-refractivity contribution is -0.121. The van der Waals surface area contributed by atoms with Crippen LogP contribution >= 0.6 is 0 Å². The molecule has 0 saturated heterocycles. The molecule has 2 aromatic rings. The summed E-state index contributed by atoms with van der Waals surface area (Å²) in [5, 5.41) is 10.7. The summed E-state index contributed by atoms with van der Waals surface area (Å²) in [6.07, 6.45) is 2.44. The first-order valence-corrected chi connectivity index (χ1v) is 6.85. The second-order valence-corrected chi connectivity index (χ2v) is 4.75. The van der Waals surface area contributed by atoms with Crippen molar-refractivity contribution in [1.29, 1.82) is 0 Å². The van der Waals surface area contributed by atoms with Gasteiger partial charge >= 0.3 is 0 Å². The summed E-state index contributed by atoms with van der Waals surface area (Å²) in [7, 11) is 0. The fraction of sp³-hybridized carbons (Fsp3) is 0.400. The molecule has 5 nitrogen and oxygen atoms in total. The highest BCUT2D eigenvalue weighted by Gasteiger charge is 2.09. The highest BCUT2D eigenvalue weighted by Crippen LogP contribution is 2.18. The number of nitrogens with zero attached hydrogens (tertiary/aromatic N) is 2. The number of hydrogen-bond acceptors (Lipinski definition) is 4. The van der Waals surface area contributed by atoms with E-state index in [1.54, 1.807) is 0 Å². The van der Waals surface area contributed by atoms with Crippen molar-refractivity contribution in [2.24, 2.45) is 0 Å². The molecule has 20 heavy (non-hydrogen) atoms. The standard InChI is InChI=1S/C15H19N3O2/c1-3-4-5-13(19)16-10-14-17-18-15(20-14)12-8-6-11(2)7-9-12/h6-9H,3-5,10H2,1-2H3,(H,16,19). The molecule has 1 aromatic heterocycles. The topological polar surface area (TPSA) is 68.0 Å². The van der Waals surface area contributed by atoms with E-state index in [9.17, 15) is 4.79 Å². The molecular weight excluding hydrogens is 254 g/mol. The van der Waals surface area contributed by atoms with E-state index in [2.05, 4.69) is 22.4 Å². The number of carbonyl (C=O) groups excluding carboxylic acids is 1. The molecular formula is C15H19N3O2. The van der Waals surface area contributed by atoms with Crippen molar-refractivity contribution >= 4 is 5.91 Å². The van der Waals surface area contributed by atoms with Crippen molar-refractivity contribution < 1.29 is 9.21 Å². The third-order valence-electron chi connectivity index (χ3n) is 2.96. The van der Waals surface area contributed by atoms with Crippen LogP contribution in [-0.4, -0.2) is 16.1 Å². The van der Waals surface area contributed by atoms with Crippen molar-refractivity contribution in [3.05, 3.63) is 35.7 Å². The predicted octanol–water partition coefficient (Wildman–Crippen LogP) is 2.85. The maximum Gasteiger partial charge on any atom is 0.247 e. The Bertz CT molecular complexity index is 561. The molecule has 1 N–H and O–H groups in total. The van der Waals surface area contributed by atoms with Crippen LogP contribution in [0.15, 0.2) is 28.7 Å². The molecule has 0 aliphatic heterocycles. The molecule has 0 bridgehead atoms. The van der Waals surface area contributed by atoms with E-state index < -0.39 is 0 Å². The summed E-state index contributed by atoms with van der Waals surface area (Å²) in [4.78, 5) is 11.5. The maximum absolute atomic E-state index is 11.5. The van der Waals surface area contributed by atoms with Gasteiger partial charge in [-0.1, -0.05) is 31.0 Å². The summed E-state index contributed by atoms with van der Waals surface area (Å²) in [5.74, 6) is 0.912. The van der Waals surface area contributed by atoms with Crippen molar-refractivity contribution in [2.75, 3.05) is 0 Å². The highest BCUT2D eigenvalue weighted by atomic mass is 16.4. The molecule has 0 radical (unpaired) electrons. The van der Waals surface area contributed by atoms with Crippen LogP contribution in [0.2, 0.25) is 0 Å². The highest BCUT2D eigenvalue weighted by molar-refractivity contribution is 5.75. The molecule has 106 valence electrons. The predicted molar refractivity (Wildman–Crippen MR) is 75.8 cm³/mol. The van der Waals surface area contributed by atoms with Crippen molar-refractivity contribution in [1.82, 2.24) is 15.5 Å². The van der Waals surface area contributed by atoms with Gasteiger partial charge in [0.2, 0.25) is 17.7 Å². The quantitative estimate of drug-likeness (QED) is 0.878. The van der Waals surface area contributed by atoms with Gasteiger partial charge in [-0.2, -0.15) is 0 Å². The fourth-order valence-electron chi connectivity index (χ4n) is 1.74. The average Bonchev–Trinajstić information content (AvgIpc) is 2.92. The first kappa shape index (κ1) is 14.2. The Balaban J connectivity index is 1.92. The maximum atomic E-state index is 11.5. The summed E-state index contributed by atoms with van der Waals surface area (Å²) in [6, 6.07) is 7.86. The van der Waals surface area contributed by atoms with E-state index in [0.717, 1.165) is 18.4 Å². The van der Waals surface area contributed by atoms with E-state index >= 15 is 0 Å². The van der Waals surface area contributed by atoms with Gasteiger partial charge in [-0.3, -0.25) is 4.79 Å².